The molecule has 1 aromatic rings. The minimum absolute atomic E-state index is 0.0523. The predicted molar refractivity (Wildman–Crippen MR) is 81.1 cm³/mol. The molecule has 1 heterocycles. The third-order valence-corrected chi connectivity index (χ3v) is 4.05. The van der Waals surface area contributed by atoms with Crippen LogP contribution in [0.1, 0.15) is 36.0 Å². The average Bonchev–Trinajstić information content (AvgIpc) is 3.23. The number of nitrogens with one attached hydrogen (secondary N) is 2. The normalized spacial score (nSPS) is 23.4. The Morgan fingerprint density at radius 2 is 1.90 bits per heavy atom. The van der Waals surface area contributed by atoms with Crippen molar-refractivity contribution in [3.63, 3.8) is 0 Å². The van der Waals surface area contributed by atoms with Crippen LogP contribution in [0.2, 0.25) is 0 Å². The highest BCUT2D eigenvalue weighted by Crippen LogP contribution is 2.20. The SMILES string of the molecule is CN1CCCC(Nc2ccc(C(=O)NC3CC3)cc2)C1. The van der Waals surface area contributed by atoms with Crippen molar-refractivity contribution in [1.82, 2.24) is 10.2 Å². The van der Waals surface area contributed by atoms with Gasteiger partial charge >= 0.3 is 0 Å². The Kier molecular flexibility index (Phi) is 3.92. The number of hydrogen-bond acceptors (Lipinski definition) is 3. The summed E-state index contributed by atoms with van der Waals surface area (Å²) in [6.07, 6.45) is 4.71. The highest BCUT2D eigenvalue weighted by molar-refractivity contribution is 5.94. The minimum Gasteiger partial charge on any atom is -0.381 e. The summed E-state index contributed by atoms with van der Waals surface area (Å²) in [6, 6.07) is 8.77. The fourth-order valence-corrected chi connectivity index (χ4v) is 2.73. The number of benzene rings is 1. The molecular formula is C16H23N3O. The minimum atomic E-state index is 0.0523. The van der Waals surface area contributed by atoms with Crippen LogP contribution < -0.4 is 10.6 Å². The number of carbonyl (C=O) groups excluding carboxylic acids is 1. The van der Waals surface area contributed by atoms with Crippen molar-refractivity contribution in [2.24, 2.45) is 0 Å². The molecule has 1 aliphatic carbocycles. The average molecular weight is 273 g/mol. The molecule has 1 aliphatic heterocycles. The van der Waals surface area contributed by atoms with Crippen LogP contribution in [0.4, 0.5) is 5.69 Å². The van der Waals surface area contributed by atoms with Crippen LogP contribution in [-0.2, 0) is 0 Å². The quantitative estimate of drug-likeness (QED) is 0.883. The largest absolute Gasteiger partial charge is 0.381 e. The molecule has 1 saturated carbocycles. The van der Waals surface area contributed by atoms with Gasteiger partial charge in [-0.2, -0.15) is 0 Å². The van der Waals surface area contributed by atoms with Gasteiger partial charge in [0.1, 0.15) is 0 Å². The van der Waals surface area contributed by atoms with Gasteiger partial charge in [0.05, 0.1) is 0 Å². The number of hydrogen-bond donors (Lipinski definition) is 2. The maximum absolute atomic E-state index is 11.9. The van der Waals surface area contributed by atoms with E-state index >= 15 is 0 Å². The zero-order chi connectivity index (χ0) is 13.9. The maximum atomic E-state index is 11.9. The number of amides is 1. The Labute approximate surface area is 120 Å². The number of nitrogens with zero attached hydrogens (tertiary/aromatic N) is 1. The molecule has 2 N–H and O–H groups in total. The highest BCUT2D eigenvalue weighted by atomic mass is 16.1. The molecule has 1 amide bonds. The second kappa shape index (κ2) is 5.83. The van der Waals surface area contributed by atoms with Gasteiger partial charge in [0, 0.05) is 29.9 Å². The van der Waals surface area contributed by atoms with Crippen LogP contribution >= 0.6 is 0 Å². The highest BCUT2D eigenvalue weighted by Gasteiger charge is 2.23. The fraction of sp³-hybridized carbons (Fsp3) is 0.562. The van der Waals surface area contributed by atoms with Crippen molar-refractivity contribution in [1.29, 1.82) is 0 Å². The Morgan fingerprint density at radius 3 is 2.55 bits per heavy atom. The van der Waals surface area contributed by atoms with Crippen molar-refractivity contribution in [3.8, 4) is 0 Å². The van der Waals surface area contributed by atoms with Gasteiger partial charge in [-0.3, -0.25) is 4.79 Å². The molecule has 1 unspecified atom stereocenters. The number of rotatable bonds is 4. The van der Waals surface area contributed by atoms with Crippen LogP contribution in [0.3, 0.4) is 0 Å². The molecule has 1 saturated heterocycles. The van der Waals surface area contributed by atoms with Gasteiger partial charge in [-0.25, -0.2) is 0 Å². The molecule has 1 aromatic carbocycles. The van der Waals surface area contributed by atoms with E-state index in [0.29, 0.717) is 12.1 Å². The first-order chi connectivity index (χ1) is 9.70. The molecule has 3 rings (SSSR count). The second-order valence-corrected chi connectivity index (χ2v) is 6.07. The van der Waals surface area contributed by atoms with Gasteiger partial charge < -0.3 is 15.5 Å². The van der Waals surface area contributed by atoms with Crippen molar-refractivity contribution in [2.75, 3.05) is 25.5 Å². The van der Waals surface area contributed by atoms with Gasteiger partial charge in [-0.1, -0.05) is 0 Å². The maximum Gasteiger partial charge on any atom is 0.251 e. The standard InChI is InChI=1S/C16H23N3O/c1-19-10-2-3-15(11-19)17-13-6-4-12(5-7-13)16(20)18-14-8-9-14/h4-7,14-15,17H,2-3,8-11H2,1H3,(H,18,20). The van der Waals surface area contributed by atoms with Crippen LogP contribution in [0.25, 0.3) is 0 Å². The Balaban J connectivity index is 1.56. The van der Waals surface area contributed by atoms with Crippen LogP contribution in [-0.4, -0.2) is 43.0 Å². The van der Waals surface area contributed by atoms with Gasteiger partial charge in [-0.05, 0) is 63.5 Å². The van der Waals surface area contributed by atoms with Crippen LogP contribution in [0, 0.1) is 0 Å². The lowest BCUT2D eigenvalue weighted by atomic mass is 10.1. The van der Waals surface area contributed by atoms with E-state index in [1.54, 1.807) is 0 Å². The topological polar surface area (TPSA) is 44.4 Å². The molecule has 1 atom stereocenters. The van der Waals surface area contributed by atoms with Gasteiger partial charge in [0.15, 0.2) is 0 Å². The summed E-state index contributed by atoms with van der Waals surface area (Å²) >= 11 is 0. The first kappa shape index (κ1) is 13.4. The first-order valence-electron chi connectivity index (χ1n) is 7.57. The van der Waals surface area contributed by atoms with E-state index in [2.05, 4.69) is 22.6 Å². The molecule has 20 heavy (non-hydrogen) atoms. The molecule has 2 fully saturated rings. The molecule has 4 nitrogen and oxygen atoms in total. The number of carbonyl (C=O) groups is 1. The van der Waals surface area contributed by atoms with E-state index in [1.165, 1.54) is 19.4 Å². The monoisotopic (exact) mass is 273 g/mol. The summed E-state index contributed by atoms with van der Waals surface area (Å²) < 4.78 is 0. The third kappa shape index (κ3) is 3.51. The Bertz CT molecular complexity index is 467. The molecule has 0 aromatic heterocycles. The summed E-state index contributed by atoms with van der Waals surface area (Å²) in [4.78, 5) is 14.3. The molecular weight excluding hydrogens is 250 g/mol. The molecule has 0 bridgehead atoms. The summed E-state index contributed by atoms with van der Waals surface area (Å²) in [5.41, 5.74) is 1.86. The lowest BCUT2D eigenvalue weighted by Gasteiger charge is -2.30. The number of piperidine rings is 1. The lowest BCUT2D eigenvalue weighted by molar-refractivity contribution is 0.0951. The number of likely N-dealkylation sites (N-methyl/N-ethyl adjacent to an activating group) is 1. The predicted octanol–water partition coefficient (Wildman–Crippen LogP) is 2.08. The summed E-state index contributed by atoms with van der Waals surface area (Å²) in [5, 5.41) is 6.57. The molecule has 2 aliphatic rings. The van der Waals surface area contributed by atoms with Gasteiger partial charge in [-0.15, -0.1) is 0 Å². The van der Waals surface area contributed by atoms with Gasteiger partial charge in [0.2, 0.25) is 0 Å². The second-order valence-electron chi connectivity index (χ2n) is 6.07. The van der Waals surface area contributed by atoms with E-state index in [0.717, 1.165) is 30.6 Å². The Hall–Kier alpha value is -1.55. The number of anilines is 1. The first-order valence-corrected chi connectivity index (χ1v) is 7.57. The smallest absolute Gasteiger partial charge is 0.251 e. The summed E-state index contributed by atoms with van der Waals surface area (Å²) in [6.45, 7) is 2.28. The van der Waals surface area contributed by atoms with Crippen molar-refractivity contribution in [3.05, 3.63) is 29.8 Å². The summed E-state index contributed by atoms with van der Waals surface area (Å²) in [7, 11) is 2.17. The fourth-order valence-electron chi connectivity index (χ4n) is 2.73. The summed E-state index contributed by atoms with van der Waals surface area (Å²) in [5.74, 6) is 0.0523. The lowest BCUT2D eigenvalue weighted by Crippen LogP contribution is -2.39. The molecule has 108 valence electrons. The Morgan fingerprint density at radius 1 is 1.15 bits per heavy atom. The van der Waals surface area contributed by atoms with Crippen LogP contribution in [0.5, 0.6) is 0 Å². The van der Waals surface area contributed by atoms with Crippen molar-refractivity contribution in [2.45, 2.75) is 37.8 Å². The van der Waals surface area contributed by atoms with E-state index in [1.807, 2.05) is 24.3 Å². The zero-order valence-electron chi connectivity index (χ0n) is 12.1. The van der Waals surface area contributed by atoms with Crippen molar-refractivity contribution >= 4 is 11.6 Å². The van der Waals surface area contributed by atoms with E-state index < -0.39 is 0 Å². The van der Waals surface area contributed by atoms with Gasteiger partial charge in [0.25, 0.3) is 5.91 Å². The van der Waals surface area contributed by atoms with Crippen molar-refractivity contribution < 1.29 is 4.79 Å². The molecule has 0 radical (unpaired) electrons. The van der Waals surface area contributed by atoms with E-state index in [-0.39, 0.29) is 5.91 Å². The van der Waals surface area contributed by atoms with E-state index in [9.17, 15) is 4.79 Å². The zero-order valence-corrected chi connectivity index (χ0v) is 12.1. The van der Waals surface area contributed by atoms with E-state index in [4.69, 9.17) is 0 Å². The van der Waals surface area contributed by atoms with Crippen LogP contribution in [0.15, 0.2) is 24.3 Å². The third-order valence-electron chi connectivity index (χ3n) is 4.05. The number of likely N-dealkylation sites (tertiary alicyclic amines) is 1. The molecule has 4 heteroatoms. The molecule has 0 spiro atoms.